The lowest BCUT2D eigenvalue weighted by Crippen LogP contribution is -2.35. The van der Waals surface area contributed by atoms with Crippen molar-refractivity contribution >= 4 is 41.1 Å². The molecule has 0 radical (unpaired) electrons. The highest BCUT2D eigenvalue weighted by Crippen LogP contribution is 2.21. The van der Waals surface area contributed by atoms with E-state index in [1.54, 1.807) is 31.6 Å². The van der Waals surface area contributed by atoms with Gasteiger partial charge in [-0.05, 0) is 35.4 Å². The van der Waals surface area contributed by atoms with Crippen molar-refractivity contribution in [2.24, 2.45) is 10.7 Å². The van der Waals surface area contributed by atoms with E-state index in [0.717, 1.165) is 44.1 Å². The minimum absolute atomic E-state index is 0.246. The molecule has 0 spiro atoms. The van der Waals surface area contributed by atoms with Crippen LogP contribution in [-0.2, 0) is 16.1 Å². The lowest BCUT2D eigenvalue weighted by Gasteiger charge is -2.26. The molecular formula is C23H26ClN5O2. The predicted molar refractivity (Wildman–Crippen MR) is 126 cm³/mol. The van der Waals surface area contributed by atoms with Crippen molar-refractivity contribution in [2.45, 2.75) is 6.54 Å². The van der Waals surface area contributed by atoms with Gasteiger partial charge in [0.2, 0.25) is 5.91 Å². The summed E-state index contributed by atoms with van der Waals surface area (Å²) >= 11 is 6.03. The average Bonchev–Trinajstić information content (AvgIpc) is 2.78. The molecule has 0 bridgehead atoms. The Morgan fingerprint density at radius 2 is 2.06 bits per heavy atom. The maximum Gasteiger partial charge on any atom is 0.248 e. The Bertz CT molecular complexity index is 980. The van der Waals surface area contributed by atoms with Crippen LogP contribution in [0.15, 0.2) is 53.8 Å². The Labute approximate surface area is 187 Å². The first-order valence-corrected chi connectivity index (χ1v) is 10.3. The highest BCUT2D eigenvalue weighted by molar-refractivity contribution is 6.29. The second-order valence-electron chi connectivity index (χ2n) is 7.01. The number of allylic oxidation sites excluding steroid dienone is 1. The molecule has 2 aromatic rings. The molecule has 7 nitrogen and oxygen atoms in total. The summed E-state index contributed by atoms with van der Waals surface area (Å²) in [6, 6.07) is 9.55. The number of morpholine rings is 1. The van der Waals surface area contributed by atoms with Crippen molar-refractivity contribution in [2.75, 3.05) is 38.7 Å². The molecule has 1 aliphatic rings. The second kappa shape index (κ2) is 11.4. The number of aliphatic imine (C=N–C) groups is 1. The Kier molecular flexibility index (Phi) is 8.35. The predicted octanol–water partition coefficient (Wildman–Crippen LogP) is 3.22. The average molecular weight is 440 g/mol. The maximum atomic E-state index is 12.4. The van der Waals surface area contributed by atoms with Crippen LogP contribution in [0.5, 0.6) is 0 Å². The zero-order valence-electron chi connectivity index (χ0n) is 17.4. The van der Waals surface area contributed by atoms with E-state index in [9.17, 15) is 4.79 Å². The number of rotatable bonds is 7. The van der Waals surface area contributed by atoms with Crippen LogP contribution in [0.4, 0.5) is 5.69 Å². The molecule has 3 N–H and O–H groups in total. The van der Waals surface area contributed by atoms with Crippen LogP contribution < -0.4 is 11.1 Å². The molecule has 0 saturated carbocycles. The van der Waals surface area contributed by atoms with Crippen LogP contribution >= 0.6 is 11.6 Å². The van der Waals surface area contributed by atoms with Crippen molar-refractivity contribution in [3.8, 4) is 0 Å². The van der Waals surface area contributed by atoms with E-state index in [2.05, 4.69) is 20.2 Å². The van der Waals surface area contributed by atoms with Gasteiger partial charge in [-0.3, -0.25) is 14.7 Å². The Balaban J connectivity index is 1.64. The highest BCUT2D eigenvalue weighted by atomic mass is 35.5. The fourth-order valence-electron chi connectivity index (χ4n) is 3.23. The minimum atomic E-state index is -0.246. The summed E-state index contributed by atoms with van der Waals surface area (Å²) < 4.78 is 5.38. The summed E-state index contributed by atoms with van der Waals surface area (Å²) in [6.07, 6.45) is 7.78. The first kappa shape index (κ1) is 22.7. The van der Waals surface area contributed by atoms with Crippen molar-refractivity contribution in [1.29, 1.82) is 0 Å². The normalized spacial score (nSPS) is 15.6. The van der Waals surface area contributed by atoms with Crippen LogP contribution in [0.3, 0.4) is 0 Å². The molecule has 1 aromatic carbocycles. The lowest BCUT2D eigenvalue weighted by atomic mass is 10.0. The molecule has 1 fully saturated rings. The Morgan fingerprint density at radius 1 is 1.32 bits per heavy atom. The van der Waals surface area contributed by atoms with Crippen molar-refractivity contribution in [3.63, 3.8) is 0 Å². The van der Waals surface area contributed by atoms with Crippen molar-refractivity contribution in [3.05, 3.63) is 70.6 Å². The third kappa shape index (κ3) is 6.75. The van der Waals surface area contributed by atoms with E-state index in [1.807, 2.05) is 24.3 Å². The van der Waals surface area contributed by atoms with Gasteiger partial charge in [0.15, 0.2) is 0 Å². The molecule has 1 aromatic heterocycles. The number of amides is 1. The first-order chi connectivity index (χ1) is 15.1. The third-order valence-electron chi connectivity index (χ3n) is 4.81. The summed E-state index contributed by atoms with van der Waals surface area (Å²) in [7, 11) is 1.65. The first-order valence-electron chi connectivity index (χ1n) is 9.97. The van der Waals surface area contributed by atoms with Crippen LogP contribution in [0.1, 0.15) is 16.7 Å². The lowest BCUT2D eigenvalue weighted by molar-refractivity contribution is -0.111. The molecule has 2 heterocycles. The topological polar surface area (TPSA) is 92.8 Å². The quantitative estimate of drug-likeness (QED) is 0.392. The molecule has 0 unspecified atom stereocenters. The van der Waals surface area contributed by atoms with Gasteiger partial charge in [-0.2, -0.15) is 0 Å². The van der Waals surface area contributed by atoms with Gasteiger partial charge in [-0.1, -0.05) is 23.7 Å². The molecule has 3 rings (SSSR count). The number of anilines is 1. The number of hydrogen-bond donors (Lipinski definition) is 2. The third-order valence-corrected chi connectivity index (χ3v) is 5.01. The zero-order valence-corrected chi connectivity index (χ0v) is 18.2. The maximum absolute atomic E-state index is 12.4. The van der Waals surface area contributed by atoms with Gasteiger partial charge in [0, 0.05) is 68.2 Å². The molecular weight excluding hydrogens is 414 g/mol. The molecule has 1 amide bonds. The fourth-order valence-corrected chi connectivity index (χ4v) is 3.38. The largest absolute Gasteiger partial charge is 0.404 e. The molecule has 1 saturated heterocycles. The number of aromatic nitrogens is 1. The SMILES string of the molecule is CN=CC(=CN)c1cc(Cl)ncc1/C=C/C(=O)Nc1ccc(CN2CCOCC2)cc1. The highest BCUT2D eigenvalue weighted by Gasteiger charge is 2.11. The number of carbonyl (C=O) groups is 1. The number of carbonyl (C=O) groups excluding carboxylic acids is 1. The molecule has 0 atom stereocenters. The van der Waals surface area contributed by atoms with Crippen LogP contribution in [0.2, 0.25) is 5.15 Å². The van der Waals surface area contributed by atoms with Crippen LogP contribution in [0, 0.1) is 0 Å². The molecule has 0 aliphatic carbocycles. The van der Waals surface area contributed by atoms with E-state index in [0.29, 0.717) is 16.3 Å². The molecule has 8 heteroatoms. The minimum Gasteiger partial charge on any atom is -0.404 e. The molecule has 1 aliphatic heterocycles. The van der Waals surface area contributed by atoms with Gasteiger partial charge in [0.1, 0.15) is 5.15 Å². The molecule has 31 heavy (non-hydrogen) atoms. The van der Waals surface area contributed by atoms with Crippen molar-refractivity contribution in [1.82, 2.24) is 9.88 Å². The number of halogens is 1. The Hall–Kier alpha value is -3.00. The number of nitrogens with zero attached hydrogens (tertiary/aromatic N) is 3. The zero-order chi connectivity index (χ0) is 22.1. The number of ether oxygens (including phenoxy) is 1. The monoisotopic (exact) mass is 439 g/mol. The van der Waals surface area contributed by atoms with Gasteiger partial charge in [-0.15, -0.1) is 0 Å². The van der Waals surface area contributed by atoms with E-state index in [4.69, 9.17) is 22.1 Å². The van der Waals surface area contributed by atoms with Gasteiger partial charge >= 0.3 is 0 Å². The summed E-state index contributed by atoms with van der Waals surface area (Å²) in [5.74, 6) is -0.246. The van der Waals surface area contributed by atoms with E-state index in [1.165, 1.54) is 17.8 Å². The van der Waals surface area contributed by atoms with Gasteiger partial charge in [0.25, 0.3) is 0 Å². The second-order valence-corrected chi connectivity index (χ2v) is 7.40. The van der Waals surface area contributed by atoms with Gasteiger partial charge < -0.3 is 15.8 Å². The van der Waals surface area contributed by atoms with Gasteiger partial charge in [-0.25, -0.2) is 4.98 Å². The number of nitrogens with two attached hydrogens (primary N) is 1. The number of pyridine rings is 1. The van der Waals surface area contributed by atoms with Crippen LogP contribution in [0.25, 0.3) is 11.6 Å². The summed E-state index contributed by atoms with van der Waals surface area (Å²) in [6.45, 7) is 4.31. The Morgan fingerprint density at radius 3 is 2.74 bits per heavy atom. The van der Waals surface area contributed by atoms with Gasteiger partial charge in [0.05, 0.1) is 13.2 Å². The number of nitrogens with one attached hydrogen (secondary N) is 1. The van der Waals surface area contributed by atoms with E-state index in [-0.39, 0.29) is 5.91 Å². The standard InChI is InChI=1S/C23H26ClN5O2/c1-26-14-19(13-25)21-12-22(24)27-15-18(21)4-7-23(30)28-20-5-2-17(3-6-20)16-29-8-10-31-11-9-29/h2-7,12-15H,8-11,16,25H2,1H3,(H,28,30)/b7-4+,19-13?,26-14?. The smallest absolute Gasteiger partial charge is 0.248 e. The van der Waals surface area contributed by atoms with E-state index >= 15 is 0 Å². The van der Waals surface area contributed by atoms with Crippen molar-refractivity contribution < 1.29 is 9.53 Å². The van der Waals surface area contributed by atoms with E-state index < -0.39 is 0 Å². The summed E-state index contributed by atoms with van der Waals surface area (Å²) in [4.78, 5) is 22.8. The number of hydrogen-bond acceptors (Lipinski definition) is 6. The number of benzene rings is 1. The van der Waals surface area contributed by atoms with Crippen LogP contribution in [-0.4, -0.2) is 55.4 Å². The fraction of sp³-hybridized carbons (Fsp3) is 0.261. The summed E-state index contributed by atoms with van der Waals surface area (Å²) in [5.41, 5.74) is 9.77. The molecule has 162 valence electrons. The summed E-state index contributed by atoms with van der Waals surface area (Å²) in [5, 5.41) is 3.20.